The van der Waals surface area contributed by atoms with Crippen molar-refractivity contribution < 1.29 is 13.6 Å². The number of amides is 1. The summed E-state index contributed by atoms with van der Waals surface area (Å²) in [5.74, 6) is -1.52. The third kappa shape index (κ3) is 3.97. The summed E-state index contributed by atoms with van der Waals surface area (Å²) in [5.41, 5.74) is 1.67. The molecule has 0 spiro atoms. The van der Waals surface area contributed by atoms with E-state index in [1.54, 1.807) is 19.1 Å². The number of hydrogen-bond donors (Lipinski definition) is 2. The Morgan fingerprint density at radius 2 is 1.90 bits per heavy atom. The van der Waals surface area contributed by atoms with Gasteiger partial charge in [0.15, 0.2) is 5.16 Å². The zero-order chi connectivity index (χ0) is 21.3. The van der Waals surface area contributed by atoms with Crippen LogP contribution in [-0.4, -0.2) is 26.2 Å². The third-order valence-corrected chi connectivity index (χ3v) is 5.26. The molecule has 6 nitrogen and oxygen atoms in total. The number of fused-ring (bicyclic) bond motifs is 1. The lowest BCUT2D eigenvalue weighted by Gasteiger charge is -2.12. The molecular formula is C21H16F2N4O2S. The van der Waals surface area contributed by atoms with E-state index in [4.69, 9.17) is 0 Å². The second kappa shape index (κ2) is 8.11. The quantitative estimate of drug-likeness (QED) is 0.373. The van der Waals surface area contributed by atoms with E-state index in [1.807, 2.05) is 0 Å². The number of H-pyrrole nitrogens is 1. The number of carbonyl (C=O) groups excluding carboxylic acids is 1. The Bertz CT molecular complexity index is 1300. The number of aromatic amines is 1. The molecule has 0 atom stereocenters. The fraction of sp³-hybridized carbons (Fsp3) is 0.0952. The van der Waals surface area contributed by atoms with E-state index in [0.717, 1.165) is 17.5 Å². The number of rotatable bonds is 5. The van der Waals surface area contributed by atoms with Gasteiger partial charge in [0.1, 0.15) is 17.2 Å². The molecule has 0 aliphatic rings. The summed E-state index contributed by atoms with van der Waals surface area (Å²) >= 11 is 1.03. The summed E-state index contributed by atoms with van der Waals surface area (Å²) in [6.07, 6.45) is 0. The monoisotopic (exact) mass is 426 g/mol. The van der Waals surface area contributed by atoms with Crippen LogP contribution in [0.15, 0.2) is 64.5 Å². The molecule has 4 rings (SSSR count). The molecule has 0 bridgehead atoms. The Hall–Kier alpha value is -3.46. The second-order valence-electron chi connectivity index (χ2n) is 6.54. The van der Waals surface area contributed by atoms with Gasteiger partial charge in [-0.1, -0.05) is 23.9 Å². The Labute approximate surface area is 174 Å². The van der Waals surface area contributed by atoms with Gasteiger partial charge in [-0.25, -0.2) is 13.8 Å². The summed E-state index contributed by atoms with van der Waals surface area (Å²) < 4.78 is 28.4. The molecule has 2 N–H and O–H groups in total. The van der Waals surface area contributed by atoms with Crippen LogP contribution in [0.5, 0.6) is 0 Å². The molecule has 30 heavy (non-hydrogen) atoms. The van der Waals surface area contributed by atoms with Crippen molar-refractivity contribution in [3.05, 3.63) is 82.3 Å². The first-order valence-corrected chi connectivity index (χ1v) is 9.96. The zero-order valence-electron chi connectivity index (χ0n) is 15.8. The van der Waals surface area contributed by atoms with E-state index < -0.39 is 17.5 Å². The van der Waals surface area contributed by atoms with Gasteiger partial charge >= 0.3 is 0 Å². The highest BCUT2D eigenvalue weighted by molar-refractivity contribution is 7.99. The molecule has 0 fully saturated rings. The molecule has 1 amide bonds. The molecule has 152 valence electrons. The summed E-state index contributed by atoms with van der Waals surface area (Å²) in [6.45, 7) is 1.80. The van der Waals surface area contributed by atoms with Gasteiger partial charge in [-0.05, 0) is 49.4 Å². The van der Waals surface area contributed by atoms with Crippen LogP contribution < -0.4 is 10.9 Å². The number of nitrogens with one attached hydrogen (secondary N) is 2. The maximum Gasteiger partial charge on any atom is 0.283 e. The number of para-hydroxylation sites is 1. The molecule has 0 unspecified atom stereocenters. The molecule has 0 aliphatic heterocycles. The molecule has 0 saturated carbocycles. The summed E-state index contributed by atoms with van der Waals surface area (Å²) in [4.78, 5) is 32.9. The van der Waals surface area contributed by atoms with Crippen LogP contribution in [0.4, 0.5) is 14.5 Å². The summed E-state index contributed by atoms with van der Waals surface area (Å²) in [5, 5.41) is 2.76. The van der Waals surface area contributed by atoms with Crippen molar-refractivity contribution in [2.75, 3.05) is 11.1 Å². The number of nitrogens with zero attached hydrogens (tertiary/aromatic N) is 2. The van der Waals surface area contributed by atoms with Crippen molar-refractivity contribution >= 4 is 34.4 Å². The van der Waals surface area contributed by atoms with Gasteiger partial charge in [-0.15, -0.1) is 0 Å². The lowest BCUT2D eigenvalue weighted by Crippen LogP contribution is -2.23. The van der Waals surface area contributed by atoms with Crippen LogP contribution >= 0.6 is 11.8 Å². The predicted octanol–water partition coefficient (Wildman–Crippen LogP) is 4.03. The van der Waals surface area contributed by atoms with Gasteiger partial charge in [0.25, 0.3) is 5.56 Å². The number of aryl methyl sites for hydroxylation is 1. The highest BCUT2D eigenvalue weighted by Gasteiger charge is 2.17. The predicted molar refractivity (Wildman–Crippen MR) is 112 cm³/mol. The van der Waals surface area contributed by atoms with Crippen LogP contribution in [0, 0.1) is 18.6 Å². The number of aromatic nitrogens is 3. The van der Waals surface area contributed by atoms with Crippen molar-refractivity contribution in [2.24, 2.45) is 0 Å². The number of hydrogen-bond acceptors (Lipinski definition) is 4. The second-order valence-corrected chi connectivity index (χ2v) is 7.48. The van der Waals surface area contributed by atoms with E-state index in [0.29, 0.717) is 16.7 Å². The van der Waals surface area contributed by atoms with Gasteiger partial charge < -0.3 is 10.3 Å². The average molecular weight is 426 g/mol. The zero-order valence-corrected chi connectivity index (χ0v) is 16.6. The van der Waals surface area contributed by atoms with Crippen LogP contribution in [0.2, 0.25) is 0 Å². The number of thioether (sulfide) groups is 1. The number of carbonyl (C=O) groups is 1. The van der Waals surface area contributed by atoms with Gasteiger partial charge in [-0.2, -0.15) is 0 Å². The molecule has 0 radical (unpaired) electrons. The SMILES string of the molecule is Cc1cc2nc(SCC(=O)Nc3ccccc3F)n(-c3ccc(F)cc3)c(=O)c2[nH]1. The van der Waals surface area contributed by atoms with Gasteiger partial charge in [0.2, 0.25) is 5.91 Å². The van der Waals surface area contributed by atoms with Gasteiger partial charge in [0, 0.05) is 5.69 Å². The highest BCUT2D eigenvalue weighted by Crippen LogP contribution is 2.22. The van der Waals surface area contributed by atoms with Crippen LogP contribution in [-0.2, 0) is 4.79 Å². The molecule has 2 aromatic heterocycles. The van der Waals surface area contributed by atoms with E-state index in [1.165, 1.54) is 47.0 Å². The normalized spacial score (nSPS) is 11.0. The fourth-order valence-corrected chi connectivity index (χ4v) is 3.78. The minimum atomic E-state index is -0.540. The van der Waals surface area contributed by atoms with Crippen molar-refractivity contribution in [1.29, 1.82) is 0 Å². The van der Waals surface area contributed by atoms with Crippen LogP contribution in [0.1, 0.15) is 5.69 Å². The maximum atomic E-state index is 13.7. The lowest BCUT2D eigenvalue weighted by molar-refractivity contribution is -0.113. The Balaban J connectivity index is 1.68. The summed E-state index contributed by atoms with van der Waals surface area (Å²) in [7, 11) is 0. The minimum absolute atomic E-state index is 0.0729. The first kappa shape index (κ1) is 19.8. The largest absolute Gasteiger partial charge is 0.353 e. The highest BCUT2D eigenvalue weighted by atomic mass is 32.2. The number of anilines is 1. The topological polar surface area (TPSA) is 79.8 Å². The molecule has 2 heterocycles. The Kier molecular flexibility index (Phi) is 5.37. The van der Waals surface area contributed by atoms with E-state index in [9.17, 15) is 18.4 Å². The first-order chi connectivity index (χ1) is 14.4. The Morgan fingerprint density at radius 3 is 2.63 bits per heavy atom. The molecule has 2 aromatic carbocycles. The van der Waals surface area contributed by atoms with E-state index in [-0.39, 0.29) is 22.2 Å². The van der Waals surface area contributed by atoms with Crippen LogP contribution in [0.25, 0.3) is 16.7 Å². The smallest absolute Gasteiger partial charge is 0.283 e. The van der Waals surface area contributed by atoms with Crippen molar-refractivity contribution in [1.82, 2.24) is 14.5 Å². The molecule has 0 aliphatic carbocycles. The first-order valence-electron chi connectivity index (χ1n) is 8.98. The third-order valence-electron chi connectivity index (χ3n) is 4.32. The summed E-state index contributed by atoms with van der Waals surface area (Å²) in [6, 6.07) is 13.0. The van der Waals surface area contributed by atoms with Gasteiger partial charge in [-0.3, -0.25) is 14.2 Å². The molecule has 0 saturated heterocycles. The van der Waals surface area contributed by atoms with Crippen molar-refractivity contribution in [3.8, 4) is 5.69 Å². The van der Waals surface area contributed by atoms with Gasteiger partial charge in [0.05, 0.1) is 22.6 Å². The lowest BCUT2D eigenvalue weighted by atomic mass is 10.3. The van der Waals surface area contributed by atoms with E-state index >= 15 is 0 Å². The standard InChI is InChI=1S/C21H16F2N4O2S/c1-12-10-17-19(24-12)20(29)27(14-8-6-13(22)7-9-14)21(26-17)30-11-18(28)25-16-5-3-2-4-15(16)23/h2-10,24H,11H2,1H3,(H,25,28). The fourth-order valence-electron chi connectivity index (χ4n) is 2.97. The van der Waals surface area contributed by atoms with Crippen molar-refractivity contribution in [2.45, 2.75) is 12.1 Å². The molecule has 4 aromatic rings. The minimum Gasteiger partial charge on any atom is -0.353 e. The number of benzene rings is 2. The van der Waals surface area contributed by atoms with Crippen molar-refractivity contribution in [3.63, 3.8) is 0 Å². The Morgan fingerprint density at radius 1 is 1.17 bits per heavy atom. The maximum absolute atomic E-state index is 13.7. The molecule has 9 heteroatoms. The number of halogens is 2. The average Bonchev–Trinajstić information content (AvgIpc) is 3.10. The van der Waals surface area contributed by atoms with E-state index in [2.05, 4.69) is 15.3 Å². The van der Waals surface area contributed by atoms with Crippen LogP contribution in [0.3, 0.4) is 0 Å². The molecular weight excluding hydrogens is 410 g/mol.